The van der Waals surface area contributed by atoms with Crippen LogP contribution in [-0.4, -0.2) is 19.4 Å². The lowest BCUT2D eigenvalue weighted by atomic mass is 9.76. The zero-order valence-electron chi connectivity index (χ0n) is 12.1. The molecule has 1 heterocycles. The Bertz CT molecular complexity index is 542. The minimum absolute atomic E-state index is 0.0298. The van der Waals surface area contributed by atoms with E-state index < -0.39 is 10.0 Å². The van der Waals surface area contributed by atoms with Crippen LogP contribution in [0, 0.1) is 5.41 Å². The molecule has 0 aliphatic heterocycles. The van der Waals surface area contributed by atoms with Gasteiger partial charge in [0.1, 0.15) is 4.90 Å². The average Bonchev–Trinajstić information content (AvgIpc) is 2.41. The van der Waals surface area contributed by atoms with E-state index >= 15 is 0 Å². The van der Waals surface area contributed by atoms with E-state index in [2.05, 4.69) is 23.6 Å². The van der Waals surface area contributed by atoms with Gasteiger partial charge in [-0.05, 0) is 43.2 Å². The third-order valence-corrected chi connectivity index (χ3v) is 5.48. The van der Waals surface area contributed by atoms with E-state index in [1.807, 2.05) is 0 Å². The molecule has 1 aromatic heterocycles. The largest absolute Gasteiger partial charge is 0.325 e. The van der Waals surface area contributed by atoms with Gasteiger partial charge in [-0.2, -0.15) is 0 Å². The molecular formula is C14H23N3O2S. The van der Waals surface area contributed by atoms with E-state index in [-0.39, 0.29) is 10.9 Å². The van der Waals surface area contributed by atoms with Gasteiger partial charge >= 0.3 is 0 Å². The zero-order valence-corrected chi connectivity index (χ0v) is 12.9. The highest BCUT2D eigenvalue weighted by Gasteiger charge is 2.29. The summed E-state index contributed by atoms with van der Waals surface area (Å²) in [7, 11) is -3.48. The smallest absolute Gasteiger partial charge is 0.242 e. The highest BCUT2D eigenvalue weighted by molar-refractivity contribution is 7.89. The number of sulfonamides is 1. The van der Waals surface area contributed by atoms with Crippen molar-refractivity contribution in [3.63, 3.8) is 0 Å². The Morgan fingerprint density at radius 1 is 1.35 bits per heavy atom. The maximum Gasteiger partial charge on any atom is 0.242 e. The van der Waals surface area contributed by atoms with Crippen LogP contribution in [0.15, 0.2) is 23.2 Å². The van der Waals surface area contributed by atoms with Crippen molar-refractivity contribution in [2.24, 2.45) is 11.1 Å². The molecule has 1 aromatic rings. The van der Waals surface area contributed by atoms with Gasteiger partial charge in [-0.3, -0.25) is 4.98 Å². The Balaban J connectivity index is 2.04. The predicted octanol–water partition coefficient (Wildman–Crippen LogP) is 1.79. The standard InChI is InChI=1S/C14H23N3O2S/c1-14(2)7-5-11(6-8-14)17-20(18,19)13-4-3-12(9-15)16-10-13/h3-4,10-11,17H,5-9,15H2,1-2H3. The summed E-state index contributed by atoms with van der Waals surface area (Å²) < 4.78 is 27.3. The Hall–Kier alpha value is -0.980. The molecule has 0 saturated heterocycles. The molecule has 6 heteroatoms. The van der Waals surface area contributed by atoms with Crippen molar-refractivity contribution in [3.8, 4) is 0 Å². The van der Waals surface area contributed by atoms with Crippen LogP contribution in [0.3, 0.4) is 0 Å². The molecule has 1 fully saturated rings. The van der Waals surface area contributed by atoms with Crippen LogP contribution in [0.4, 0.5) is 0 Å². The van der Waals surface area contributed by atoms with E-state index in [1.54, 1.807) is 12.1 Å². The molecule has 5 nitrogen and oxygen atoms in total. The van der Waals surface area contributed by atoms with E-state index in [4.69, 9.17) is 5.73 Å². The van der Waals surface area contributed by atoms with Crippen LogP contribution >= 0.6 is 0 Å². The normalized spacial score (nSPS) is 19.9. The van der Waals surface area contributed by atoms with E-state index in [0.717, 1.165) is 25.7 Å². The summed E-state index contributed by atoms with van der Waals surface area (Å²) in [6.45, 7) is 4.77. The van der Waals surface area contributed by atoms with Gasteiger partial charge in [0, 0.05) is 18.8 Å². The lowest BCUT2D eigenvalue weighted by Gasteiger charge is -2.34. The summed E-state index contributed by atoms with van der Waals surface area (Å²) in [5, 5.41) is 0. The summed E-state index contributed by atoms with van der Waals surface area (Å²) >= 11 is 0. The number of nitrogens with two attached hydrogens (primary N) is 1. The molecule has 1 aliphatic carbocycles. The van der Waals surface area contributed by atoms with Crippen molar-refractivity contribution in [2.75, 3.05) is 0 Å². The number of nitrogens with one attached hydrogen (secondary N) is 1. The van der Waals surface area contributed by atoms with Crippen LogP contribution in [-0.2, 0) is 16.6 Å². The first-order chi connectivity index (χ1) is 9.32. The maximum atomic E-state index is 12.3. The van der Waals surface area contributed by atoms with Crippen LogP contribution in [0.2, 0.25) is 0 Å². The van der Waals surface area contributed by atoms with Gasteiger partial charge in [-0.25, -0.2) is 13.1 Å². The van der Waals surface area contributed by atoms with E-state index in [1.165, 1.54) is 6.20 Å². The maximum absolute atomic E-state index is 12.3. The summed E-state index contributed by atoms with van der Waals surface area (Å²) in [6.07, 6.45) is 5.24. The number of hydrogen-bond acceptors (Lipinski definition) is 4. The minimum atomic E-state index is -3.48. The first-order valence-electron chi connectivity index (χ1n) is 7.00. The van der Waals surface area contributed by atoms with E-state index in [0.29, 0.717) is 17.7 Å². The fourth-order valence-corrected chi connectivity index (χ4v) is 3.74. The third-order valence-electron chi connectivity index (χ3n) is 3.98. The predicted molar refractivity (Wildman–Crippen MR) is 78.5 cm³/mol. The highest BCUT2D eigenvalue weighted by Crippen LogP contribution is 2.35. The SMILES string of the molecule is CC1(C)CCC(NS(=O)(=O)c2ccc(CN)nc2)CC1. The van der Waals surface area contributed by atoms with Gasteiger partial charge in [0.25, 0.3) is 0 Å². The van der Waals surface area contributed by atoms with Gasteiger partial charge in [0.15, 0.2) is 0 Å². The lowest BCUT2D eigenvalue weighted by molar-refractivity contribution is 0.218. The summed E-state index contributed by atoms with van der Waals surface area (Å²) in [6, 6.07) is 3.24. The topological polar surface area (TPSA) is 85.1 Å². The van der Waals surface area contributed by atoms with Crippen molar-refractivity contribution < 1.29 is 8.42 Å². The first kappa shape index (κ1) is 15.4. The molecule has 2 rings (SSSR count). The Morgan fingerprint density at radius 2 is 2.00 bits per heavy atom. The molecule has 3 N–H and O–H groups in total. The Kier molecular flexibility index (Phi) is 4.46. The molecule has 0 amide bonds. The highest BCUT2D eigenvalue weighted by atomic mass is 32.2. The van der Waals surface area contributed by atoms with Gasteiger partial charge in [0.2, 0.25) is 10.0 Å². The van der Waals surface area contributed by atoms with Gasteiger partial charge in [-0.15, -0.1) is 0 Å². The summed E-state index contributed by atoms with van der Waals surface area (Å²) in [5.41, 5.74) is 6.47. The molecule has 1 saturated carbocycles. The zero-order chi connectivity index (χ0) is 14.8. The number of pyridine rings is 1. The van der Waals surface area contributed by atoms with Crippen molar-refractivity contribution in [2.45, 2.75) is 57.0 Å². The third kappa shape index (κ3) is 3.77. The molecule has 0 radical (unpaired) electrons. The monoisotopic (exact) mass is 297 g/mol. The van der Waals surface area contributed by atoms with Crippen molar-refractivity contribution in [1.29, 1.82) is 0 Å². The number of hydrogen-bond donors (Lipinski definition) is 2. The van der Waals surface area contributed by atoms with Crippen molar-refractivity contribution in [3.05, 3.63) is 24.0 Å². The van der Waals surface area contributed by atoms with Crippen LogP contribution in [0.5, 0.6) is 0 Å². The minimum Gasteiger partial charge on any atom is -0.325 e. The second-order valence-electron chi connectivity index (χ2n) is 6.25. The Morgan fingerprint density at radius 3 is 2.50 bits per heavy atom. The van der Waals surface area contributed by atoms with E-state index in [9.17, 15) is 8.42 Å². The van der Waals surface area contributed by atoms with Crippen molar-refractivity contribution >= 4 is 10.0 Å². The van der Waals surface area contributed by atoms with Crippen LogP contribution in [0.25, 0.3) is 0 Å². The fraction of sp³-hybridized carbons (Fsp3) is 0.643. The number of aromatic nitrogens is 1. The summed E-state index contributed by atoms with van der Waals surface area (Å²) in [5.74, 6) is 0. The molecule has 0 spiro atoms. The molecule has 0 bridgehead atoms. The van der Waals surface area contributed by atoms with Gasteiger partial charge in [0.05, 0.1) is 5.69 Å². The molecule has 0 atom stereocenters. The number of nitrogens with zero attached hydrogens (tertiary/aromatic N) is 1. The summed E-state index contributed by atoms with van der Waals surface area (Å²) in [4.78, 5) is 4.24. The molecule has 112 valence electrons. The van der Waals surface area contributed by atoms with Gasteiger partial charge < -0.3 is 5.73 Å². The van der Waals surface area contributed by atoms with Gasteiger partial charge in [-0.1, -0.05) is 13.8 Å². The molecule has 0 unspecified atom stereocenters. The molecule has 1 aliphatic rings. The second-order valence-corrected chi connectivity index (χ2v) is 7.96. The number of rotatable bonds is 4. The Labute approximate surface area is 121 Å². The molecular weight excluding hydrogens is 274 g/mol. The first-order valence-corrected chi connectivity index (χ1v) is 8.48. The van der Waals surface area contributed by atoms with Crippen LogP contribution in [0.1, 0.15) is 45.2 Å². The molecule has 20 heavy (non-hydrogen) atoms. The lowest BCUT2D eigenvalue weighted by Crippen LogP contribution is -2.39. The van der Waals surface area contributed by atoms with Crippen molar-refractivity contribution in [1.82, 2.24) is 9.71 Å². The molecule has 0 aromatic carbocycles. The van der Waals surface area contributed by atoms with Crippen LogP contribution < -0.4 is 10.5 Å². The quantitative estimate of drug-likeness (QED) is 0.887. The fourth-order valence-electron chi connectivity index (χ4n) is 2.50. The average molecular weight is 297 g/mol. The second kappa shape index (κ2) is 5.79.